The molecule has 6 rings (SSSR count). The van der Waals surface area contributed by atoms with Crippen LogP contribution >= 0.6 is 11.3 Å². The molecule has 4 amide bonds. The number of nitrogens with one attached hydrogen (secondary N) is 3. The van der Waals surface area contributed by atoms with E-state index in [4.69, 9.17) is 4.74 Å². The summed E-state index contributed by atoms with van der Waals surface area (Å²) in [7, 11) is 0. The van der Waals surface area contributed by atoms with Crippen LogP contribution in [0.5, 0.6) is 11.6 Å². The van der Waals surface area contributed by atoms with E-state index in [1.54, 1.807) is 35.5 Å². The number of rotatable bonds is 7. The molecule has 2 unspecified atom stereocenters. The standard InChI is InChI=1S/C29H26N6O4S/c1-3-22(36)32-18-7-6-8-19(18)33-27(37)26-25-24-21(12-14-31-28(24)40-26)35(29(38)34-25)20-11-10-17(15-16(20)2)39-23-9-4-5-13-30-23/h3-5,9-15,18-19H,1,6-8H2,2H3,(H,32,36)(H,33,37)(H,34,38). The van der Waals surface area contributed by atoms with E-state index in [2.05, 4.69) is 32.5 Å². The first-order valence-corrected chi connectivity index (χ1v) is 13.7. The number of benzene rings is 1. The van der Waals surface area contributed by atoms with Crippen molar-refractivity contribution in [1.29, 1.82) is 0 Å². The molecular formula is C29H26N6O4S. The molecule has 3 N–H and O–H groups in total. The first-order chi connectivity index (χ1) is 19.4. The number of carbonyl (C=O) groups excluding carboxylic acids is 3. The quantitative estimate of drug-likeness (QED) is 0.262. The molecular weight excluding hydrogens is 528 g/mol. The van der Waals surface area contributed by atoms with Gasteiger partial charge in [-0.3, -0.25) is 14.5 Å². The molecule has 40 heavy (non-hydrogen) atoms. The van der Waals surface area contributed by atoms with Crippen LogP contribution in [-0.4, -0.2) is 39.9 Å². The van der Waals surface area contributed by atoms with Gasteiger partial charge in [-0.05, 0) is 68.2 Å². The average molecular weight is 555 g/mol. The van der Waals surface area contributed by atoms with Crippen molar-refractivity contribution in [3.63, 3.8) is 0 Å². The molecule has 2 aliphatic rings. The van der Waals surface area contributed by atoms with Gasteiger partial charge in [0.1, 0.15) is 15.5 Å². The van der Waals surface area contributed by atoms with Gasteiger partial charge in [0.25, 0.3) is 5.91 Å². The fourth-order valence-corrected chi connectivity index (χ4v) is 6.26. The van der Waals surface area contributed by atoms with Crippen LogP contribution in [0.4, 0.5) is 21.9 Å². The van der Waals surface area contributed by atoms with Gasteiger partial charge in [0, 0.05) is 30.5 Å². The second-order valence-corrected chi connectivity index (χ2v) is 10.6. The van der Waals surface area contributed by atoms with Crippen molar-refractivity contribution in [2.45, 2.75) is 38.3 Å². The average Bonchev–Trinajstić information content (AvgIpc) is 3.55. The number of aryl methyl sites for hydroxylation is 1. The summed E-state index contributed by atoms with van der Waals surface area (Å²) in [5.41, 5.74) is 2.57. The van der Waals surface area contributed by atoms with E-state index in [0.717, 1.165) is 24.8 Å². The maximum absolute atomic E-state index is 13.5. The minimum absolute atomic E-state index is 0.174. The van der Waals surface area contributed by atoms with Gasteiger partial charge >= 0.3 is 6.03 Å². The molecule has 1 aromatic carbocycles. The number of aromatic nitrogens is 2. The third-order valence-electron chi connectivity index (χ3n) is 7.07. The highest BCUT2D eigenvalue weighted by molar-refractivity contribution is 7.21. The smallest absolute Gasteiger partial charge is 0.331 e. The van der Waals surface area contributed by atoms with Gasteiger partial charge in [0.15, 0.2) is 0 Å². The number of nitrogens with zero attached hydrogens (tertiary/aromatic N) is 3. The molecule has 2 atom stereocenters. The molecule has 0 bridgehead atoms. The zero-order chi connectivity index (χ0) is 27.8. The molecule has 1 fully saturated rings. The second kappa shape index (κ2) is 10.4. The minimum atomic E-state index is -0.383. The molecule has 1 aliphatic heterocycles. The zero-order valence-corrected chi connectivity index (χ0v) is 22.5. The number of pyridine rings is 2. The Bertz CT molecular complexity index is 1650. The lowest BCUT2D eigenvalue weighted by Crippen LogP contribution is -2.48. The highest BCUT2D eigenvalue weighted by Crippen LogP contribution is 2.46. The summed E-state index contributed by atoms with van der Waals surface area (Å²) in [4.78, 5) is 50.1. The molecule has 0 spiro atoms. The summed E-state index contributed by atoms with van der Waals surface area (Å²) in [5, 5.41) is 9.59. The van der Waals surface area contributed by atoms with Crippen LogP contribution in [0.1, 0.15) is 34.5 Å². The number of thiophene rings is 1. The van der Waals surface area contributed by atoms with Crippen molar-refractivity contribution in [3.8, 4) is 11.6 Å². The van der Waals surface area contributed by atoms with E-state index in [1.165, 1.54) is 17.4 Å². The normalized spacial score (nSPS) is 17.8. The Morgan fingerprint density at radius 3 is 2.67 bits per heavy atom. The van der Waals surface area contributed by atoms with Gasteiger partial charge in [0.2, 0.25) is 11.8 Å². The van der Waals surface area contributed by atoms with E-state index >= 15 is 0 Å². The number of anilines is 3. The molecule has 4 aromatic rings. The Hall–Kier alpha value is -4.77. The largest absolute Gasteiger partial charge is 0.439 e. The maximum atomic E-state index is 13.5. The summed E-state index contributed by atoms with van der Waals surface area (Å²) in [6.07, 6.45) is 6.92. The predicted molar refractivity (Wildman–Crippen MR) is 154 cm³/mol. The molecule has 11 heteroatoms. The molecule has 0 saturated heterocycles. The number of hydrogen-bond acceptors (Lipinski definition) is 7. The van der Waals surface area contributed by atoms with Crippen LogP contribution in [0.2, 0.25) is 0 Å². The van der Waals surface area contributed by atoms with E-state index in [1.807, 2.05) is 31.2 Å². The van der Waals surface area contributed by atoms with Gasteiger partial charge < -0.3 is 20.7 Å². The Kier molecular flexibility index (Phi) is 6.64. The summed E-state index contributed by atoms with van der Waals surface area (Å²) in [6, 6.07) is 11.9. The van der Waals surface area contributed by atoms with Gasteiger partial charge in [0.05, 0.1) is 22.4 Å². The lowest BCUT2D eigenvalue weighted by molar-refractivity contribution is -0.117. The van der Waals surface area contributed by atoms with Crippen LogP contribution in [0.25, 0.3) is 10.2 Å². The number of amides is 4. The number of urea groups is 1. The Morgan fingerprint density at radius 2 is 1.93 bits per heavy atom. The third-order valence-corrected chi connectivity index (χ3v) is 8.16. The Balaban J connectivity index is 1.30. The molecule has 4 heterocycles. The molecule has 202 valence electrons. The predicted octanol–water partition coefficient (Wildman–Crippen LogP) is 5.43. The molecule has 3 aromatic heterocycles. The first kappa shape index (κ1) is 25.5. The van der Waals surface area contributed by atoms with Crippen LogP contribution < -0.4 is 25.6 Å². The van der Waals surface area contributed by atoms with E-state index in [9.17, 15) is 14.4 Å². The highest BCUT2D eigenvalue weighted by atomic mass is 32.1. The molecule has 1 saturated carbocycles. The molecule has 1 aliphatic carbocycles. The Labute approximate surface area is 234 Å². The van der Waals surface area contributed by atoms with Crippen molar-refractivity contribution in [1.82, 2.24) is 20.6 Å². The van der Waals surface area contributed by atoms with Gasteiger partial charge in [-0.2, -0.15) is 0 Å². The van der Waals surface area contributed by atoms with Crippen LogP contribution in [0, 0.1) is 6.92 Å². The second-order valence-electron chi connectivity index (χ2n) is 9.63. The number of hydrogen-bond donors (Lipinski definition) is 3. The third kappa shape index (κ3) is 4.64. The van der Waals surface area contributed by atoms with Crippen molar-refractivity contribution in [2.75, 3.05) is 10.2 Å². The fraction of sp³-hybridized carbons (Fsp3) is 0.207. The van der Waals surface area contributed by atoms with Crippen molar-refractivity contribution < 1.29 is 19.1 Å². The summed E-state index contributed by atoms with van der Waals surface area (Å²) in [6.45, 7) is 5.40. The van der Waals surface area contributed by atoms with Crippen LogP contribution in [0.15, 0.2) is 67.5 Å². The number of carbonyl (C=O) groups is 3. The van der Waals surface area contributed by atoms with Gasteiger partial charge in [-0.25, -0.2) is 14.8 Å². The fourth-order valence-electron chi connectivity index (χ4n) is 5.24. The van der Waals surface area contributed by atoms with E-state index in [-0.39, 0.29) is 29.9 Å². The summed E-state index contributed by atoms with van der Waals surface area (Å²) in [5.74, 6) is 0.495. The number of ether oxygens (including phenoxy) is 1. The maximum Gasteiger partial charge on any atom is 0.331 e. The van der Waals surface area contributed by atoms with Gasteiger partial charge in [-0.1, -0.05) is 12.6 Å². The molecule has 0 radical (unpaired) electrons. The first-order valence-electron chi connectivity index (χ1n) is 12.9. The van der Waals surface area contributed by atoms with Crippen molar-refractivity contribution >= 4 is 56.5 Å². The SMILES string of the molecule is C=CC(=O)NC1CCCC1NC(=O)c1sc2nccc3c2c1NC(=O)N3c1ccc(Oc2ccccn2)cc1C. The van der Waals surface area contributed by atoms with Crippen LogP contribution in [-0.2, 0) is 4.79 Å². The summed E-state index contributed by atoms with van der Waals surface area (Å²) < 4.78 is 5.85. The lowest BCUT2D eigenvalue weighted by atomic mass is 10.1. The Morgan fingerprint density at radius 1 is 1.10 bits per heavy atom. The van der Waals surface area contributed by atoms with E-state index < -0.39 is 0 Å². The van der Waals surface area contributed by atoms with Crippen molar-refractivity contribution in [2.24, 2.45) is 0 Å². The van der Waals surface area contributed by atoms with Crippen LogP contribution in [0.3, 0.4) is 0 Å². The summed E-state index contributed by atoms with van der Waals surface area (Å²) >= 11 is 1.23. The topological polar surface area (TPSA) is 126 Å². The molecule has 10 nitrogen and oxygen atoms in total. The van der Waals surface area contributed by atoms with Crippen molar-refractivity contribution in [3.05, 3.63) is 78.0 Å². The highest BCUT2D eigenvalue weighted by Gasteiger charge is 2.35. The monoisotopic (exact) mass is 554 g/mol. The minimum Gasteiger partial charge on any atom is -0.439 e. The van der Waals surface area contributed by atoms with E-state index in [0.29, 0.717) is 43.8 Å². The lowest BCUT2D eigenvalue weighted by Gasteiger charge is -2.29. The van der Waals surface area contributed by atoms with Gasteiger partial charge in [-0.15, -0.1) is 11.3 Å². The zero-order valence-electron chi connectivity index (χ0n) is 21.6.